The normalized spacial score (nSPS) is 29.0. The first-order valence-electron chi connectivity index (χ1n) is 13.5. The number of hydrogen-bond donors (Lipinski definition) is 5. The van der Waals surface area contributed by atoms with Crippen molar-refractivity contribution in [3.8, 4) is 0 Å². The van der Waals surface area contributed by atoms with Crippen molar-refractivity contribution in [1.82, 2.24) is 45.6 Å². The fourth-order valence-electron chi connectivity index (χ4n) is 6.04. The van der Waals surface area contributed by atoms with Gasteiger partial charge in [-0.15, -0.1) is 16.9 Å². The van der Waals surface area contributed by atoms with Crippen molar-refractivity contribution >= 4 is 36.0 Å². The highest BCUT2D eigenvalue weighted by atomic mass is 32.2. The van der Waals surface area contributed by atoms with Crippen LogP contribution in [0.25, 0.3) is 0 Å². The Morgan fingerprint density at radius 1 is 1.23 bits per heavy atom. The average molecular weight is 564 g/mol. The van der Waals surface area contributed by atoms with E-state index in [0.29, 0.717) is 30.3 Å². The molecule has 1 aromatic rings. The Balaban J connectivity index is 1.19. The summed E-state index contributed by atoms with van der Waals surface area (Å²) in [5, 5.41) is 25.9. The first kappa shape index (κ1) is 27.7. The maximum absolute atomic E-state index is 13.2. The molecule has 3 fully saturated rings. The molecule has 14 nitrogen and oxygen atoms in total. The quantitative estimate of drug-likeness (QED) is 0.202. The van der Waals surface area contributed by atoms with E-state index >= 15 is 0 Å². The summed E-state index contributed by atoms with van der Waals surface area (Å²) in [6, 6.07) is -0.767. The van der Waals surface area contributed by atoms with Gasteiger partial charge in [-0.2, -0.15) is 0 Å². The molecule has 4 aliphatic rings. The number of aromatic amines is 1. The molecule has 3 saturated heterocycles. The van der Waals surface area contributed by atoms with E-state index in [4.69, 9.17) is 0 Å². The van der Waals surface area contributed by atoms with Crippen molar-refractivity contribution in [1.29, 1.82) is 0 Å². The average Bonchev–Trinajstić information content (AvgIpc) is 3.43. The molecule has 0 saturated carbocycles. The first-order chi connectivity index (χ1) is 18.8. The smallest absolute Gasteiger partial charge is 0.353 e. The number of nitrogens with zero attached hydrogens (tertiary/aromatic N) is 5. The van der Waals surface area contributed by atoms with Crippen LogP contribution in [-0.4, -0.2) is 134 Å². The molecule has 5 rings (SSSR count). The number of amides is 3. The maximum atomic E-state index is 13.2. The standard InChI is InChI=1S/C24H37N9O5S/c1-14-20(15(2)28-19(35)11-32-12-27-29-32)33(13-34)21(24(37)38)22(14)39-17-7-18(26-10-17)23(36)31-5-3-30(4-6-31)16-8-25-9-16/h12-18,20,25-26,29H,3-11H2,1-2H3,(H,28,35)(H,37,38)/t14-,15-,17+,18+,20-/m1/s1. The summed E-state index contributed by atoms with van der Waals surface area (Å²) in [7, 11) is 0. The highest BCUT2D eigenvalue weighted by Crippen LogP contribution is 2.44. The van der Waals surface area contributed by atoms with Crippen LogP contribution < -0.4 is 16.0 Å². The third-order valence-electron chi connectivity index (χ3n) is 8.24. The SMILES string of the molecule is C[C@@H](NC(=O)Cn1cn[nH]1)[C@H]1[C@@H](C)C(S[C@@H]2CN[C@H](C(=O)N3CCN(C4CNC4)CC3)C2)=C(C(=O)O)N1C=O. The van der Waals surface area contributed by atoms with Crippen LogP contribution in [0.3, 0.4) is 0 Å². The number of aliphatic carboxylic acids is 1. The summed E-state index contributed by atoms with van der Waals surface area (Å²) < 4.78 is 1.51. The molecular formula is C24H37N9O5S. The molecule has 0 aromatic carbocycles. The molecule has 214 valence electrons. The molecular weight excluding hydrogens is 526 g/mol. The van der Waals surface area contributed by atoms with Gasteiger partial charge in [-0.1, -0.05) is 6.92 Å². The molecule has 0 aliphatic carbocycles. The van der Waals surface area contributed by atoms with E-state index in [0.717, 1.165) is 39.3 Å². The predicted octanol–water partition coefficient (Wildman–Crippen LogP) is -1.93. The van der Waals surface area contributed by atoms with Gasteiger partial charge in [0.25, 0.3) is 0 Å². The van der Waals surface area contributed by atoms with Crippen LogP contribution in [0.15, 0.2) is 16.9 Å². The lowest BCUT2D eigenvalue weighted by Crippen LogP contribution is -2.62. The van der Waals surface area contributed by atoms with E-state index in [2.05, 4.69) is 31.2 Å². The van der Waals surface area contributed by atoms with Crippen molar-refractivity contribution in [3.05, 3.63) is 16.9 Å². The second kappa shape index (κ2) is 11.7. The van der Waals surface area contributed by atoms with Gasteiger partial charge < -0.3 is 30.9 Å². The van der Waals surface area contributed by atoms with Crippen LogP contribution >= 0.6 is 11.8 Å². The van der Waals surface area contributed by atoms with Gasteiger partial charge in [0, 0.05) is 74.0 Å². The van der Waals surface area contributed by atoms with Gasteiger partial charge in [0.15, 0.2) is 0 Å². The Morgan fingerprint density at radius 3 is 2.51 bits per heavy atom. The van der Waals surface area contributed by atoms with E-state index < -0.39 is 18.1 Å². The van der Waals surface area contributed by atoms with E-state index in [9.17, 15) is 24.3 Å². The summed E-state index contributed by atoms with van der Waals surface area (Å²) in [5.74, 6) is -1.67. The van der Waals surface area contributed by atoms with Gasteiger partial charge in [0.1, 0.15) is 18.6 Å². The molecule has 1 aromatic heterocycles. The predicted molar refractivity (Wildman–Crippen MR) is 142 cm³/mol. The number of carboxylic acids is 1. The third kappa shape index (κ3) is 5.71. The second-order valence-corrected chi connectivity index (χ2v) is 12.1. The number of rotatable bonds is 10. The van der Waals surface area contributed by atoms with Gasteiger partial charge >= 0.3 is 5.97 Å². The van der Waals surface area contributed by atoms with Crippen molar-refractivity contribution in [2.45, 2.75) is 56.2 Å². The number of nitrogens with one attached hydrogen (secondary N) is 4. The number of piperazine rings is 1. The van der Waals surface area contributed by atoms with E-state index in [1.54, 1.807) is 6.92 Å². The monoisotopic (exact) mass is 563 g/mol. The number of hydrogen-bond acceptors (Lipinski definition) is 9. The van der Waals surface area contributed by atoms with Crippen LogP contribution in [0.1, 0.15) is 20.3 Å². The fourth-order valence-corrected chi connectivity index (χ4v) is 7.53. The molecule has 4 aliphatic heterocycles. The molecule has 0 radical (unpaired) electrons. The summed E-state index contributed by atoms with van der Waals surface area (Å²) in [6.45, 7) is 9.51. The maximum Gasteiger partial charge on any atom is 0.353 e. The number of H-pyrrole nitrogens is 1. The minimum absolute atomic E-state index is 0.0120. The zero-order chi connectivity index (χ0) is 27.7. The number of carbonyl (C=O) groups is 4. The third-order valence-corrected chi connectivity index (χ3v) is 9.75. The van der Waals surface area contributed by atoms with Crippen LogP contribution in [0, 0.1) is 5.92 Å². The lowest BCUT2D eigenvalue weighted by molar-refractivity contribution is -0.137. The molecule has 0 spiro atoms. The van der Waals surface area contributed by atoms with E-state index in [-0.39, 0.29) is 41.3 Å². The fraction of sp³-hybridized carbons (Fsp3) is 0.708. The zero-order valence-electron chi connectivity index (χ0n) is 22.2. The topological polar surface area (TPSA) is 168 Å². The van der Waals surface area contributed by atoms with E-state index in [1.807, 2.05) is 11.8 Å². The van der Waals surface area contributed by atoms with Gasteiger partial charge in [-0.25, -0.2) is 14.7 Å². The minimum Gasteiger partial charge on any atom is -0.477 e. The Labute approximate surface area is 230 Å². The number of carbonyl (C=O) groups excluding carboxylic acids is 3. The molecule has 3 amide bonds. The zero-order valence-corrected chi connectivity index (χ0v) is 23.0. The molecule has 39 heavy (non-hydrogen) atoms. The van der Waals surface area contributed by atoms with Gasteiger partial charge in [0.05, 0.1) is 12.1 Å². The molecule has 0 bridgehead atoms. The Hall–Kier alpha value is -2.88. The Bertz CT molecular complexity index is 1100. The van der Waals surface area contributed by atoms with Crippen LogP contribution in [-0.2, 0) is 25.7 Å². The van der Waals surface area contributed by atoms with E-state index in [1.165, 1.54) is 27.7 Å². The number of aromatic nitrogens is 3. The van der Waals surface area contributed by atoms with Crippen molar-refractivity contribution in [2.24, 2.45) is 5.92 Å². The molecule has 5 N–H and O–H groups in total. The second-order valence-electron chi connectivity index (χ2n) is 10.7. The van der Waals surface area contributed by atoms with Crippen LogP contribution in [0.5, 0.6) is 0 Å². The summed E-state index contributed by atoms with van der Waals surface area (Å²) in [6.07, 6.45) is 2.60. The largest absolute Gasteiger partial charge is 0.477 e. The summed E-state index contributed by atoms with van der Waals surface area (Å²) in [5.41, 5.74) is -0.0541. The molecule has 0 unspecified atom stereocenters. The summed E-state index contributed by atoms with van der Waals surface area (Å²) >= 11 is 1.43. The lowest BCUT2D eigenvalue weighted by Gasteiger charge is -2.43. The number of thioether (sulfide) groups is 1. The molecule has 15 heteroatoms. The van der Waals surface area contributed by atoms with Gasteiger partial charge in [0.2, 0.25) is 18.2 Å². The van der Waals surface area contributed by atoms with Crippen LogP contribution in [0.4, 0.5) is 0 Å². The highest BCUT2D eigenvalue weighted by molar-refractivity contribution is 8.03. The minimum atomic E-state index is -1.18. The number of carboxylic acid groups (broad SMARTS) is 1. The van der Waals surface area contributed by atoms with Gasteiger partial charge in [-0.3, -0.25) is 19.3 Å². The Morgan fingerprint density at radius 2 is 1.95 bits per heavy atom. The lowest BCUT2D eigenvalue weighted by atomic mass is 9.97. The molecule has 5 atom stereocenters. The highest BCUT2D eigenvalue weighted by Gasteiger charge is 2.46. The van der Waals surface area contributed by atoms with Crippen molar-refractivity contribution in [2.75, 3.05) is 45.8 Å². The first-order valence-corrected chi connectivity index (χ1v) is 14.3. The van der Waals surface area contributed by atoms with Crippen LogP contribution in [0.2, 0.25) is 0 Å². The molecule has 5 heterocycles. The Kier molecular flexibility index (Phi) is 8.30. The van der Waals surface area contributed by atoms with Gasteiger partial charge in [-0.05, 0) is 13.3 Å². The summed E-state index contributed by atoms with van der Waals surface area (Å²) in [4.78, 5) is 56.3. The van der Waals surface area contributed by atoms with Crippen molar-refractivity contribution in [3.63, 3.8) is 0 Å². The van der Waals surface area contributed by atoms with Crippen molar-refractivity contribution < 1.29 is 24.3 Å².